The maximum Gasteiger partial charge on any atom is -0.0167 e. The Morgan fingerprint density at radius 1 is 0.778 bits per heavy atom. The largest absolute Gasteiger partial charge is 0.0914 e. The van der Waals surface area contributed by atoms with Gasteiger partial charge in [0, 0.05) is 0 Å². The molecule has 0 nitrogen and oxygen atoms in total. The van der Waals surface area contributed by atoms with Crippen LogP contribution in [0, 0.1) is 0 Å². The molecule has 0 aromatic heterocycles. The molecule has 0 amide bonds. The van der Waals surface area contributed by atoms with E-state index < -0.39 is 0 Å². The maximum absolute atomic E-state index is 2.39. The van der Waals surface area contributed by atoms with Gasteiger partial charge in [-0.15, -0.1) is 0 Å². The van der Waals surface area contributed by atoms with Crippen molar-refractivity contribution in [2.24, 2.45) is 0 Å². The Hall–Kier alpha value is -1.04. The average Bonchev–Trinajstić information content (AvgIpc) is 2.29. The smallest absolute Gasteiger partial charge is 0.0167 e. The van der Waals surface area contributed by atoms with Crippen LogP contribution in [-0.2, 0) is 0 Å². The van der Waals surface area contributed by atoms with E-state index >= 15 is 0 Å². The molecule has 0 radical (unpaired) electrons. The molecule has 0 rings (SSSR count). The zero-order valence-electron chi connectivity index (χ0n) is 12.9. The van der Waals surface area contributed by atoms with E-state index in [1.807, 2.05) is 0 Å². The number of rotatable bonds is 8. The molecule has 0 N–H and O–H groups in total. The molecule has 0 aromatic carbocycles. The van der Waals surface area contributed by atoms with E-state index in [1.54, 1.807) is 0 Å². The molecule has 18 heavy (non-hydrogen) atoms. The Bertz CT molecular complexity index is 320. The molecule has 0 spiro atoms. The molecular formula is C18H30. The van der Waals surface area contributed by atoms with Crippen LogP contribution in [0.15, 0.2) is 47.1 Å². The van der Waals surface area contributed by atoms with Crippen molar-refractivity contribution < 1.29 is 0 Å². The first kappa shape index (κ1) is 17.0. The summed E-state index contributed by atoms with van der Waals surface area (Å²) in [6.07, 6.45) is 17.2. The summed E-state index contributed by atoms with van der Waals surface area (Å²) in [5.41, 5.74) is 4.45. The lowest BCUT2D eigenvalue weighted by Gasteiger charge is -2.01. The zero-order chi connectivity index (χ0) is 13.8. The van der Waals surface area contributed by atoms with Crippen LogP contribution in [-0.4, -0.2) is 0 Å². The highest BCUT2D eigenvalue weighted by Gasteiger charge is 1.91. The standard InChI is InChI=1S/C18H30/c1-6-7-8-12-17(4)14-10-15-18(5)13-9-11-16(2)3/h6-7,11-12,15H,8-10,13-14H2,1-5H3/b7-6+,17-12+,18-15+. The van der Waals surface area contributed by atoms with Gasteiger partial charge in [-0.25, -0.2) is 0 Å². The lowest BCUT2D eigenvalue weighted by atomic mass is 10.1. The second kappa shape index (κ2) is 11.1. The summed E-state index contributed by atoms with van der Waals surface area (Å²) in [6, 6.07) is 0. The third-order valence-corrected chi connectivity index (χ3v) is 2.96. The van der Waals surface area contributed by atoms with Gasteiger partial charge in [0.1, 0.15) is 0 Å². The summed E-state index contributed by atoms with van der Waals surface area (Å²) in [6.45, 7) is 10.9. The molecule has 0 aromatic rings. The van der Waals surface area contributed by atoms with Gasteiger partial charge in [-0.1, -0.05) is 47.1 Å². The van der Waals surface area contributed by atoms with E-state index in [2.05, 4.69) is 65.0 Å². The van der Waals surface area contributed by atoms with Crippen molar-refractivity contribution in [1.29, 1.82) is 0 Å². The summed E-state index contributed by atoms with van der Waals surface area (Å²) >= 11 is 0. The Morgan fingerprint density at radius 3 is 1.89 bits per heavy atom. The highest BCUT2D eigenvalue weighted by Crippen LogP contribution is 2.11. The number of allylic oxidation sites excluding steroid dienone is 8. The molecule has 0 saturated carbocycles. The average molecular weight is 246 g/mol. The van der Waals surface area contributed by atoms with E-state index in [0.717, 1.165) is 6.42 Å². The molecule has 0 heterocycles. The van der Waals surface area contributed by atoms with Crippen molar-refractivity contribution in [2.75, 3.05) is 0 Å². The van der Waals surface area contributed by atoms with E-state index in [1.165, 1.54) is 42.4 Å². The minimum Gasteiger partial charge on any atom is -0.0914 e. The van der Waals surface area contributed by atoms with Gasteiger partial charge in [0.05, 0.1) is 0 Å². The van der Waals surface area contributed by atoms with Crippen molar-refractivity contribution in [2.45, 2.75) is 66.7 Å². The molecule has 0 saturated heterocycles. The fourth-order valence-corrected chi connectivity index (χ4v) is 1.74. The van der Waals surface area contributed by atoms with Gasteiger partial charge in [-0.3, -0.25) is 0 Å². The predicted octanol–water partition coefficient (Wildman–Crippen LogP) is 6.37. The molecule has 0 aliphatic heterocycles. The van der Waals surface area contributed by atoms with Crippen molar-refractivity contribution >= 4 is 0 Å². The predicted molar refractivity (Wildman–Crippen MR) is 84.8 cm³/mol. The van der Waals surface area contributed by atoms with Crippen LogP contribution in [0.2, 0.25) is 0 Å². The van der Waals surface area contributed by atoms with Crippen LogP contribution in [0.25, 0.3) is 0 Å². The number of hydrogen-bond donors (Lipinski definition) is 0. The number of hydrogen-bond acceptors (Lipinski definition) is 0. The summed E-state index contributed by atoms with van der Waals surface area (Å²) in [4.78, 5) is 0. The molecule has 0 aliphatic carbocycles. The van der Waals surface area contributed by atoms with Gasteiger partial charge in [-0.05, 0) is 66.7 Å². The first-order chi connectivity index (χ1) is 8.56. The third-order valence-electron chi connectivity index (χ3n) is 2.96. The van der Waals surface area contributed by atoms with Crippen LogP contribution >= 0.6 is 0 Å². The summed E-state index contributed by atoms with van der Waals surface area (Å²) in [7, 11) is 0. The zero-order valence-corrected chi connectivity index (χ0v) is 12.9. The van der Waals surface area contributed by atoms with Crippen LogP contribution in [0.1, 0.15) is 66.7 Å². The van der Waals surface area contributed by atoms with Gasteiger partial charge >= 0.3 is 0 Å². The maximum atomic E-state index is 2.39. The van der Waals surface area contributed by atoms with Crippen LogP contribution in [0.5, 0.6) is 0 Å². The summed E-state index contributed by atoms with van der Waals surface area (Å²) in [5, 5.41) is 0. The molecule has 0 aliphatic rings. The van der Waals surface area contributed by atoms with Crippen molar-refractivity contribution in [3.05, 3.63) is 47.1 Å². The third kappa shape index (κ3) is 11.4. The van der Waals surface area contributed by atoms with Gasteiger partial charge in [0.15, 0.2) is 0 Å². The van der Waals surface area contributed by atoms with E-state index in [-0.39, 0.29) is 0 Å². The lowest BCUT2D eigenvalue weighted by molar-refractivity contribution is 0.915. The van der Waals surface area contributed by atoms with Gasteiger partial charge < -0.3 is 0 Å². The Balaban J connectivity index is 3.86. The van der Waals surface area contributed by atoms with Crippen LogP contribution in [0.4, 0.5) is 0 Å². The quantitative estimate of drug-likeness (QED) is 0.436. The Labute approximate surface area is 114 Å². The Morgan fingerprint density at radius 2 is 1.33 bits per heavy atom. The van der Waals surface area contributed by atoms with Gasteiger partial charge in [0.2, 0.25) is 0 Å². The molecular weight excluding hydrogens is 216 g/mol. The normalized spacial score (nSPS) is 13.2. The fourth-order valence-electron chi connectivity index (χ4n) is 1.74. The van der Waals surface area contributed by atoms with Gasteiger partial charge in [0.25, 0.3) is 0 Å². The minimum atomic E-state index is 1.08. The lowest BCUT2D eigenvalue weighted by Crippen LogP contribution is -1.80. The topological polar surface area (TPSA) is 0 Å². The van der Waals surface area contributed by atoms with Gasteiger partial charge in [-0.2, -0.15) is 0 Å². The molecule has 0 atom stereocenters. The molecule has 0 heteroatoms. The highest BCUT2D eigenvalue weighted by atomic mass is 14.0. The molecule has 0 fully saturated rings. The second-order valence-electron chi connectivity index (χ2n) is 5.26. The SMILES string of the molecule is C/C=C/C/C=C(\C)CC/C=C(\C)CCC=C(C)C. The first-order valence-corrected chi connectivity index (χ1v) is 7.12. The highest BCUT2D eigenvalue weighted by molar-refractivity contribution is 5.06. The van der Waals surface area contributed by atoms with Crippen molar-refractivity contribution in [1.82, 2.24) is 0 Å². The summed E-state index contributed by atoms with van der Waals surface area (Å²) < 4.78 is 0. The molecule has 0 bridgehead atoms. The van der Waals surface area contributed by atoms with Crippen molar-refractivity contribution in [3.63, 3.8) is 0 Å². The van der Waals surface area contributed by atoms with Crippen molar-refractivity contribution in [3.8, 4) is 0 Å². The fraction of sp³-hybridized carbons (Fsp3) is 0.556. The molecule has 102 valence electrons. The minimum absolute atomic E-state index is 1.08. The molecule has 0 unspecified atom stereocenters. The first-order valence-electron chi connectivity index (χ1n) is 7.12. The van der Waals surface area contributed by atoms with E-state index in [9.17, 15) is 0 Å². The van der Waals surface area contributed by atoms with E-state index in [4.69, 9.17) is 0 Å². The van der Waals surface area contributed by atoms with Crippen LogP contribution in [0.3, 0.4) is 0 Å². The summed E-state index contributed by atoms with van der Waals surface area (Å²) in [5.74, 6) is 0. The van der Waals surface area contributed by atoms with E-state index in [0.29, 0.717) is 0 Å². The monoisotopic (exact) mass is 246 g/mol. The second-order valence-corrected chi connectivity index (χ2v) is 5.26. The Kier molecular flexibility index (Phi) is 10.4. The van der Waals surface area contributed by atoms with Crippen LogP contribution < -0.4 is 0 Å².